The molecule has 1 heterocycles. The van der Waals surface area contributed by atoms with Crippen molar-refractivity contribution < 1.29 is 19.4 Å². The van der Waals surface area contributed by atoms with Gasteiger partial charge in [-0.25, -0.2) is 0 Å². The summed E-state index contributed by atoms with van der Waals surface area (Å²) < 4.78 is 9.63. The number of rotatable bonds is 3. The number of hydrogen-bond donors (Lipinski definition) is 1. The molecule has 0 amide bonds. The van der Waals surface area contributed by atoms with Crippen LogP contribution in [-0.4, -0.2) is 37.0 Å². The third kappa shape index (κ3) is 2.46. The number of aliphatic hydroxyl groups is 1. The fourth-order valence-electron chi connectivity index (χ4n) is 1.29. The Balaban J connectivity index is 2.26. The van der Waals surface area contributed by atoms with Crippen LogP contribution < -0.4 is 0 Å². The highest BCUT2D eigenvalue weighted by Crippen LogP contribution is 2.17. The van der Waals surface area contributed by atoms with E-state index < -0.39 is 12.1 Å². The Kier molecular flexibility index (Phi) is 3.49. The zero-order valence-electron chi connectivity index (χ0n) is 7.16. The van der Waals surface area contributed by atoms with Crippen molar-refractivity contribution in [2.24, 2.45) is 0 Å². The van der Waals surface area contributed by atoms with Crippen LogP contribution in [0.4, 0.5) is 0 Å². The van der Waals surface area contributed by atoms with Gasteiger partial charge in [0.25, 0.3) is 0 Å². The molecule has 2 atom stereocenters. The number of carbonyl (C=O) groups is 1. The molecule has 12 heavy (non-hydrogen) atoms. The van der Waals surface area contributed by atoms with Crippen LogP contribution in [0.15, 0.2) is 0 Å². The first-order chi connectivity index (χ1) is 5.74. The molecule has 0 aliphatic carbocycles. The van der Waals surface area contributed by atoms with Crippen molar-refractivity contribution in [1.29, 1.82) is 0 Å². The molecule has 4 heteroatoms. The maximum atomic E-state index is 10.7. The molecule has 0 radical (unpaired) electrons. The Morgan fingerprint density at radius 1 is 1.83 bits per heavy atom. The Labute approximate surface area is 71.5 Å². The number of carbonyl (C=O) groups excluding carboxylic acids is 1. The van der Waals surface area contributed by atoms with Crippen LogP contribution in [0.1, 0.15) is 19.3 Å². The van der Waals surface area contributed by atoms with E-state index in [-0.39, 0.29) is 12.5 Å². The van der Waals surface area contributed by atoms with Gasteiger partial charge < -0.3 is 14.6 Å². The first kappa shape index (κ1) is 9.48. The quantitative estimate of drug-likeness (QED) is 0.616. The molecule has 0 spiro atoms. The maximum absolute atomic E-state index is 10.7. The molecule has 1 rings (SSSR count). The topological polar surface area (TPSA) is 55.8 Å². The Morgan fingerprint density at radius 3 is 3.08 bits per heavy atom. The number of esters is 1. The minimum absolute atomic E-state index is 0.0289. The molecule has 0 aromatic rings. The fraction of sp³-hybridized carbons (Fsp3) is 0.875. The first-order valence-electron chi connectivity index (χ1n) is 4.10. The Morgan fingerprint density at radius 2 is 2.58 bits per heavy atom. The summed E-state index contributed by atoms with van der Waals surface area (Å²) in [6, 6.07) is 0. The standard InChI is InChI=1S/C8H14O4/c1-11-8(10)5-6(9)7-3-2-4-12-7/h6-7,9H,2-5H2,1H3/t6-,7?/m1/s1. The average Bonchev–Trinajstić information content (AvgIpc) is 2.56. The molecule has 0 aromatic carbocycles. The predicted molar refractivity (Wildman–Crippen MR) is 41.6 cm³/mol. The van der Waals surface area contributed by atoms with Gasteiger partial charge in [-0.05, 0) is 12.8 Å². The summed E-state index contributed by atoms with van der Waals surface area (Å²) in [5.74, 6) is -0.391. The van der Waals surface area contributed by atoms with Crippen LogP contribution in [0.3, 0.4) is 0 Å². The molecule has 1 aliphatic heterocycles. The van der Waals surface area contributed by atoms with Gasteiger partial charge >= 0.3 is 5.97 Å². The van der Waals surface area contributed by atoms with Crippen LogP contribution in [0.2, 0.25) is 0 Å². The lowest BCUT2D eigenvalue weighted by atomic mass is 10.1. The van der Waals surface area contributed by atoms with Gasteiger partial charge in [0.1, 0.15) is 0 Å². The summed E-state index contributed by atoms with van der Waals surface area (Å²) >= 11 is 0. The molecule has 70 valence electrons. The summed E-state index contributed by atoms with van der Waals surface area (Å²) in [5.41, 5.74) is 0. The maximum Gasteiger partial charge on any atom is 0.308 e. The van der Waals surface area contributed by atoms with Gasteiger partial charge in [0, 0.05) is 6.61 Å². The lowest BCUT2D eigenvalue weighted by Gasteiger charge is -2.15. The Bertz CT molecular complexity index is 151. The molecule has 1 N–H and O–H groups in total. The second-order valence-electron chi connectivity index (χ2n) is 2.90. The minimum atomic E-state index is -0.708. The normalized spacial score (nSPS) is 25.3. The van der Waals surface area contributed by atoms with Crippen molar-refractivity contribution in [2.75, 3.05) is 13.7 Å². The molecule has 1 saturated heterocycles. The summed E-state index contributed by atoms with van der Waals surface area (Å²) in [4.78, 5) is 10.7. The highest BCUT2D eigenvalue weighted by molar-refractivity contribution is 5.69. The van der Waals surface area contributed by atoms with Crippen LogP contribution in [0.5, 0.6) is 0 Å². The van der Waals surface area contributed by atoms with Gasteiger partial charge in [0.15, 0.2) is 0 Å². The first-order valence-corrected chi connectivity index (χ1v) is 4.10. The van der Waals surface area contributed by atoms with Gasteiger partial charge in [-0.3, -0.25) is 4.79 Å². The van der Waals surface area contributed by atoms with E-state index in [4.69, 9.17) is 4.74 Å². The van der Waals surface area contributed by atoms with Crippen molar-refractivity contribution in [2.45, 2.75) is 31.5 Å². The third-order valence-corrected chi connectivity index (χ3v) is 2.00. The summed E-state index contributed by atoms with van der Waals surface area (Å²) in [6.07, 6.45) is 0.937. The van der Waals surface area contributed by atoms with E-state index in [9.17, 15) is 9.90 Å². The largest absolute Gasteiger partial charge is 0.469 e. The van der Waals surface area contributed by atoms with Gasteiger partial charge in [-0.2, -0.15) is 0 Å². The molecule has 0 bridgehead atoms. The zero-order chi connectivity index (χ0) is 8.97. The summed E-state index contributed by atoms with van der Waals surface area (Å²) in [7, 11) is 1.31. The number of aliphatic hydroxyl groups excluding tert-OH is 1. The van der Waals surface area contributed by atoms with E-state index in [1.165, 1.54) is 7.11 Å². The fourth-order valence-corrected chi connectivity index (χ4v) is 1.29. The van der Waals surface area contributed by atoms with Crippen molar-refractivity contribution in [3.8, 4) is 0 Å². The smallest absolute Gasteiger partial charge is 0.308 e. The van der Waals surface area contributed by atoms with E-state index in [1.807, 2.05) is 0 Å². The SMILES string of the molecule is COC(=O)C[C@@H](O)C1CCCO1. The highest BCUT2D eigenvalue weighted by Gasteiger charge is 2.26. The van der Waals surface area contributed by atoms with Crippen molar-refractivity contribution in [3.05, 3.63) is 0 Å². The molecule has 4 nitrogen and oxygen atoms in total. The lowest BCUT2D eigenvalue weighted by molar-refractivity contribution is -0.144. The van der Waals surface area contributed by atoms with Gasteiger partial charge in [0.05, 0.1) is 25.7 Å². The van der Waals surface area contributed by atoms with Crippen LogP contribution in [-0.2, 0) is 14.3 Å². The third-order valence-electron chi connectivity index (χ3n) is 2.00. The average molecular weight is 174 g/mol. The van der Waals surface area contributed by atoms with Crippen molar-refractivity contribution in [1.82, 2.24) is 0 Å². The predicted octanol–water partition coefficient (Wildman–Crippen LogP) is 0.0894. The Hall–Kier alpha value is -0.610. The van der Waals surface area contributed by atoms with Crippen molar-refractivity contribution in [3.63, 3.8) is 0 Å². The number of hydrogen-bond acceptors (Lipinski definition) is 4. The highest BCUT2D eigenvalue weighted by atomic mass is 16.5. The lowest BCUT2D eigenvalue weighted by Crippen LogP contribution is -2.28. The molecular formula is C8H14O4. The summed E-state index contributed by atoms with van der Waals surface area (Å²) in [5, 5.41) is 9.42. The monoisotopic (exact) mass is 174 g/mol. The minimum Gasteiger partial charge on any atom is -0.469 e. The second-order valence-corrected chi connectivity index (χ2v) is 2.90. The second kappa shape index (κ2) is 4.42. The molecular weight excluding hydrogens is 160 g/mol. The van der Waals surface area contributed by atoms with Crippen LogP contribution in [0, 0.1) is 0 Å². The van der Waals surface area contributed by atoms with Crippen molar-refractivity contribution >= 4 is 5.97 Å². The molecule has 1 unspecified atom stereocenters. The van der Waals surface area contributed by atoms with Gasteiger partial charge in [-0.1, -0.05) is 0 Å². The van der Waals surface area contributed by atoms with E-state index in [0.717, 1.165) is 12.8 Å². The van der Waals surface area contributed by atoms with E-state index >= 15 is 0 Å². The molecule has 1 aliphatic rings. The van der Waals surface area contributed by atoms with Crippen LogP contribution in [0.25, 0.3) is 0 Å². The van der Waals surface area contributed by atoms with E-state index in [2.05, 4.69) is 4.74 Å². The van der Waals surface area contributed by atoms with Gasteiger partial charge in [0.2, 0.25) is 0 Å². The van der Waals surface area contributed by atoms with Crippen LogP contribution >= 0.6 is 0 Å². The van der Waals surface area contributed by atoms with Gasteiger partial charge in [-0.15, -0.1) is 0 Å². The molecule has 0 aromatic heterocycles. The van der Waals surface area contributed by atoms with E-state index in [0.29, 0.717) is 6.61 Å². The molecule has 1 fully saturated rings. The number of ether oxygens (including phenoxy) is 2. The summed E-state index contributed by atoms with van der Waals surface area (Å²) in [6.45, 7) is 0.683. The number of methoxy groups -OCH3 is 1. The zero-order valence-corrected chi connectivity index (χ0v) is 7.16. The van der Waals surface area contributed by atoms with E-state index in [1.54, 1.807) is 0 Å². The molecule has 0 saturated carbocycles.